The molecule has 0 atom stereocenters. The van der Waals surface area contributed by atoms with E-state index in [-0.39, 0.29) is 5.91 Å². The van der Waals surface area contributed by atoms with E-state index in [4.69, 9.17) is 11.6 Å². The summed E-state index contributed by atoms with van der Waals surface area (Å²) in [5.41, 5.74) is 2.88. The van der Waals surface area contributed by atoms with E-state index in [9.17, 15) is 4.79 Å². The van der Waals surface area contributed by atoms with Gasteiger partial charge in [0.15, 0.2) is 0 Å². The third kappa shape index (κ3) is 3.63. The highest BCUT2D eigenvalue weighted by Crippen LogP contribution is 2.38. The molecule has 2 aromatic heterocycles. The Hall–Kier alpha value is -1.27. The number of rotatable bonds is 5. The highest BCUT2D eigenvalue weighted by molar-refractivity contribution is 8.00. The predicted octanol–water partition coefficient (Wildman–Crippen LogP) is 5.78. The van der Waals surface area contributed by atoms with Crippen LogP contribution in [0, 0.1) is 0 Å². The Morgan fingerprint density at radius 2 is 2.04 bits per heavy atom. The molecule has 2 nitrogen and oxygen atoms in total. The maximum atomic E-state index is 12.4. The van der Waals surface area contributed by atoms with Gasteiger partial charge in [0.2, 0.25) is 0 Å². The number of carbonyl (C=O) groups is 1. The number of carbonyl (C=O) groups excluding carboxylic acids is 1. The molecular weight excluding hydrogens is 366 g/mol. The first-order chi connectivity index (χ1) is 11.2. The molecule has 3 rings (SSSR count). The van der Waals surface area contributed by atoms with Crippen LogP contribution in [0.15, 0.2) is 51.4 Å². The van der Waals surface area contributed by atoms with Crippen molar-refractivity contribution in [1.29, 1.82) is 0 Å². The van der Waals surface area contributed by atoms with E-state index in [2.05, 4.69) is 28.4 Å². The Morgan fingerprint density at radius 1 is 1.22 bits per heavy atom. The Kier molecular flexibility index (Phi) is 5.43. The Labute approximate surface area is 152 Å². The molecule has 1 amide bonds. The van der Waals surface area contributed by atoms with Crippen LogP contribution in [-0.4, -0.2) is 12.2 Å². The monoisotopic (exact) mass is 379 g/mol. The summed E-state index contributed by atoms with van der Waals surface area (Å²) < 4.78 is 1.23. The smallest absolute Gasteiger partial charge is 0.253 e. The molecule has 6 heteroatoms. The summed E-state index contributed by atoms with van der Waals surface area (Å²) in [4.78, 5) is 13.6. The second kappa shape index (κ2) is 7.53. The Balaban J connectivity index is 1.82. The number of amides is 1. The molecule has 0 spiro atoms. The Bertz CT molecular complexity index is 811. The van der Waals surface area contributed by atoms with Gasteiger partial charge in [-0.05, 0) is 29.8 Å². The van der Waals surface area contributed by atoms with Crippen LogP contribution in [0.1, 0.15) is 15.9 Å². The van der Waals surface area contributed by atoms with Crippen molar-refractivity contribution >= 4 is 51.9 Å². The molecule has 0 aliphatic rings. The molecule has 0 saturated heterocycles. The minimum absolute atomic E-state index is 0.147. The summed E-state index contributed by atoms with van der Waals surface area (Å²) in [7, 11) is 0. The highest BCUT2D eigenvalue weighted by atomic mass is 35.5. The van der Waals surface area contributed by atoms with Crippen LogP contribution in [0.3, 0.4) is 0 Å². The van der Waals surface area contributed by atoms with Gasteiger partial charge in [-0.1, -0.05) is 29.8 Å². The maximum Gasteiger partial charge on any atom is 0.253 e. The van der Waals surface area contributed by atoms with Gasteiger partial charge in [0.1, 0.15) is 0 Å². The first-order valence-electron chi connectivity index (χ1n) is 6.91. The lowest BCUT2D eigenvalue weighted by Gasteiger charge is -2.09. The minimum Gasteiger partial charge on any atom is -0.348 e. The molecule has 0 radical (unpaired) electrons. The fraction of sp³-hybridized carbons (Fsp3) is 0.118. The lowest BCUT2D eigenvalue weighted by molar-refractivity contribution is 0.0951. The van der Waals surface area contributed by atoms with Crippen molar-refractivity contribution < 1.29 is 4.79 Å². The van der Waals surface area contributed by atoms with Crippen molar-refractivity contribution in [2.75, 3.05) is 6.26 Å². The van der Waals surface area contributed by atoms with E-state index in [1.54, 1.807) is 46.6 Å². The molecule has 0 unspecified atom stereocenters. The number of thiophene rings is 2. The largest absolute Gasteiger partial charge is 0.348 e. The van der Waals surface area contributed by atoms with Gasteiger partial charge in [0.25, 0.3) is 5.91 Å². The zero-order valence-corrected chi connectivity index (χ0v) is 15.5. The number of hydrogen-bond donors (Lipinski definition) is 1. The van der Waals surface area contributed by atoms with Gasteiger partial charge in [-0.25, -0.2) is 0 Å². The number of thioether (sulfide) groups is 1. The van der Waals surface area contributed by atoms with Crippen molar-refractivity contribution in [3.63, 3.8) is 0 Å². The van der Waals surface area contributed by atoms with Gasteiger partial charge in [0, 0.05) is 27.9 Å². The summed E-state index contributed by atoms with van der Waals surface area (Å²) in [5.74, 6) is -0.147. The molecule has 3 aromatic rings. The van der Waals surface area contributed by atoms with E-state index in [0.29, 0.717) is 17.1 Å². The van der Waals surface area contributed by atoms with Crippen LogP contribution in [0.2, 0.25) is 5.02 Å². The lowest BCUT2D eigenvalue weighted by atomic mass is 10.1. The van der Waals surface area contributed by atoms with E-state index in [1.165, 1.54) is 20.2 Å². The van der Waals surface area contributed by atoms with Crippen molar-refractivity contribution in [2.24, 2.45) is 0 Å². The van der Waals surface area contributed by atoms with Crippen molar-refractivity contribution in [1.82, 2.24) is 5.32 Å². The van der Waals surface area contributed by atoms with Gasteiger partial charge in [-0.3, -0.25) is 4.79 Å². The molecule has 0 bridgehead atoms. The van der Waals surface area contributed by atoms with Crippen LogP contribution < -0.4 is 5.32 Å². The third-order valence-electron chi connectivity index (χ3n) is 3.37. The molecule has 1 N–H and O–H groups in total. The molecular formula is C17H14ClNOS3. The molecule has 118 valence electrons. The van der Waals surface area contributed by atoms with Crippen molar-refractivity contribution in [2.45, 2.75) is 10.8 Å². The number of halogens is 1. The van der Waals surface area contributed by atoms with E-state index in [1.807, 2.05) is 18.2 Å². The first-order valence-corrected chi connectivity index (χ1v) is 10.3. The predicted molar refractivity (Wildman–Crippen MR) is 102 cm³/mol. The fourth-order valence-corrected chi connectivity index (χ4v) is 5.09. The normalized spacial score (nSPS) is 10.7. The summed E-state index contributed by atoms with van der Waals surface area (Å²) in [6.07, 6.45) is 2.06. The van der Waals surface area contributed by atoms with Crippen LogP contribution in [0.4, 0.5) is 0 Å². The molecule has 2 heterocycles. The van der Waals surface area contributed by atoms with Gasteiger partial charge in [-0.15, -0.1) is 34.4 Å². The van der Waals surface area contributed by atoms with Crippen molar-refractivity contribution in [3.8, 4) is 10.4 Å². The first kappa shape index (κ1) is 16.6. The zero-order valence-electron chi connectivity index (χ0n) is 12.3. The SMILES string of the molecule is CSc1scc(-c2cccs2)c1CNC(=O)c1ccccc1Cl. The van der Waals surface area contributed by atoms with Crippen molar-refractivity contribution in [3.05, 3.63) is 63.3 Å². The standard InChI is InChI=1S/C17H14ClNOS3/c1-21-17-12(13(10-23-17)15-7-4-8-22-15)9-19-16(20)11-5-2-3-6-14(11)18/h2-8,10H,9H2,1H3,(H,19,20). The quantitative estimate of drug-likeness (QED) is 0.569. The molecule has 0 saturated carbocycles. The zero-order chi connectivity index (χ0) is 16.2. The van der Waals surface area contributed by atoms with E-state index < -0.39 is 0 Å². The summed E-state index contributed by atoms with van der Waals surface area (Å²) >= 11 is 11.2. The fourth-order valence-electron chi connectivity index (χ4n) is 2.25. The summed E-state index contributed by atoms with van der Waals surface area (Å²) in [6, 6.07) is 11.2. The van der Waals surface area contributed by atoms with Crippen LogP contribution in [0.5, 0.6) is 0 Å². The second-order valence-corrected chi connectivity index (χ2v) is 8.07. The average molecular weight is 380 g/mol. The summed E-state index contributed by atoms with van der Waals surface area (Å²) in [5, 5.41) is 7.69. The third-order valence-corrected chi connectivity index (χ3v) is 6.82. The van der Waals surface area contributed by atoms with E-state index >= 15 is 0 Å². The van der Waals surface area contributed by atoms with Crippen LogP contribution in [0.25, 0.3) is 10.4 Å². The van der Waals surface area contributed by atoms with Gasteiger partial charge in [-0.2, -0.15) is 0 Å². The molecule has 0 aliphatic heterocycles. The molecule has 1 aromatic carbocycles. The van der Waals surface area contributed by atoms with Crippen LogP contribution in [-0.2, 0) is 6.54 Å². The minimum atomic E-state index is -0.147. The highest BCUT2D eigenvalue weighted by Gasteiger charge is 2.16. The van der Waals surface area contributed by atoms with E-state index in [0.717, 1.165) is 0 Å². The molecule has 23 heavy (non-hydrogen) atoms. The summed E-state index contributed by atoms with van der Waals surface area (Å²) in [6.45, 7) is 0.497. The molecule has 0 aliphatic carbocycles. The second-order valence-electron chi connectivity index (χ2n) is 4.76. The number of nitrogens with one attached hydrogen (secondary N) is 1. The van der Waals surface area contributed by atoms with Gasteiger partial charge in [0.05, 0.1) is 14.8 Å². The Morgan fingerprint density at radius 3 is 2.74 bits per heavy atom. The van der Waals surface area contributed by atoms with Crippen LogP contribution >= 0.6 is 46.0 Å². The number of hydrogen-bond acceptors (Lipinski definition) is 4. The maximum absolute atomic E-state index is 12.4. The average Bonchev–Trinajstić information content (AvgIpc) is 3.21. The lowest BCUT2D eigenvalue weighted by Crippen LogP contribution is -2.23. The topological polar surface area (TPSA) is 29.1 Å². The number of benzene rings is 1. The van der Waals surface area contributed by atoms with Gasteiger partial charge < -0.3 is 5.32 Å². The molecule has 0 fully saturated rings. The van der Waals surface area contributed by atoms with Gasteiger partial charge >= 0.3 is 0 Å².